The Morgan fingerprint density at radius 1 is 1.22 bits per heavy atom. The van der Waals surface area contributed by atoms with Gasteiger partial charge in [0.2, 0.25) is 5.88 Å². The van der Waals surface area contributed by atoms with Crippen LogP contribution in [-0.4, -0.2) is 25.8 Å². The average molecular weight is 517 g/mol. The molecule has 1 N–H and O–H groups in total. The number of fused-ring (bicyclic) bond motifs is 1. The first-order valence-corrected chi connectivity index (χ1v) is 10.1. The van der Waals surface area contributed by atoms with Crippen molar-refractivity contribution in [3.63, 3.8) is 0 Å². The Hall–Kier alpha value is -3.83. The number of rotatable bonds is 5. The van der Waals surface area contributed by atoms with Gasteiger partial charge in [-0.1, -0.05) is 23.7 Å². The van der Waals surface area contributed by atoms with Gasteiger partial charge in [-0.25, -0.2) is 9.78 Å². The lowest BCUT2D eigenvalue weighted by Gasteiger charge is -2.10. The second-order valence-electron chi connectivity index (χ2n) is 6.36. The molecule has 2 aromatic carbocycles. The van der Waals surface area contributed by atoms with Gasteiger partial charge in [-0.05, 0) is 40.2 Å². The smallest absolute Gasteiger partial charge is 0.349 e. The summed E-state index contributed by atoms with van der Waals surface area (Å²) in [6.07, 6.45) is 2.30. The maximum absolute atomic E-state index is 12.7. The minimum atomic E-state index is -0.717. The normalized spacial score (nSPS) is 11.2. The van der Waals surface area contributed by atoms with Crippen LogP contribution in [0, 0.1) is 10.1 Å². The summed E-state index contributed by atoms with van der Waals surface area (Å²) in [7, 11) is 0. The number of aromatic nitrogens is 3. The lowest BCUT2D eigenvalue weighted by atomic mass is 10.2. The van der Waals surface area contributed by atoms with Gasteiger partial charge in [0.15, 0.2) is 5.75 Å². The fourth-order valence-corrected chi connectivity index (χ4v) is 3.72. The van der Waals surface area contributed by atoms with Gasteiger partial charge in [0.25, 0.3) is 11.2 Å². The Labute approximate surface area is 192 Å². The second-order valence-corrected chi connectivity index (χ2v) is 7.65. The van der Waals surface area contributed by atoms with Crippen LogP contribution < -0.4 is 16.0 Å². The van der Waals surface area contributed by atoms with Crippen molar-refractivity contribution in [2.24, 2.45) is 5.10 Å². The van der Waals surface area contributed by atoms with Crippen molar-refractivity contribution in [3.8, 4) is 11.6 Å². The van der Waals surface area contributed by atoms with Crippen LogP contribution in [0.5, 0.6) is 11.6 Å². The predicted octanol–water partition coefficient (Wildman–Crippen LogP) is 4.08. The number of ether oxygens (including phenoxy) is 1. The highest BCUT2D eigenvalue weighted by atomic mass is 79.9. The third-order valence-corrected chi connectivity index (χ3v) is 5.08. The fourth-order valence-electron chi connectivity index (χ4n) is 2.81. The molecular formula is C20H11BrClN5O5. The molecule has 0 bridgehead atoms. The van der Waals surface area contributed by atoms with Crippen LogP contribution in [0.1, 0.15) is 5.56 Å². The highest BCUT2D eigenvalue weighted by Crippen LogP contribution is 2.35. The number of benzene rings is 2. The Balaban J connectivity index is 1.75. The minimum Gasteiger partial charge on any atom is -0.437 e. The zero-order valence-electron chi connectivity index (χ0n) is 15.9. The zero-order chi connectivity index (χ0) is 22.8. The topological polar surface area (TPSA) is 132 Å². The van der Waals surface area contributed by atoms with Gasteiger partial charge in [-0.3, -0.25) is 14.9 Å². The van der Waals surface area contributed by atoms with Gasteiger partial charge >= 0.3 is 5.69 Å². The number of halogens is 2. The van der Waals surface area contributed by atoms with Gasteiger partial charge in [0, 0.05) is 22.7 Å². The predicted molar refractivity (Wildman–Crippen MR) is 122 cm³/mol. The van der Waals surface area contributed by atoms with Gasteiger partial charge in [-0.2, -0.15) is 5.10 Å². The molecule has 0 aliphatic heterocycles. The fraction of sp³-hybridized carbons (Fsp3) is 0. The largest absolute Gasteiger partial charge is 0.437 e. The molecule has 32 heavy (non-hydrogen) atoms. The first-order valence-electron chi connectivity index (χ1n) is 8.89. The van der Waals surface area contributed by atoms with E-state index in [2.05, 4.69) is 31.0 Å². The molecule has 0 spiro atoms. The van der Waals surface area contributed by atoms with Crippen molar-refractivity contribution < 1.29 is 9.66 Å². The van der Waals surface area contributed by atoms with Gasteiger partial charge in [-0.15, -0.1) is 4.68 Å². The highest BCUT2D eigenvalue weighted by Gasteiger charge is 2.13. The highest BCUT2D eigenvalue weighted by molar-refractivity contribution is 9.10. The van der Waals surface area contributed by atoms with E-state index >= 15 is 0 Å². The molecule has 0 saturated heterocycles. The van der Waals surface area contributed by atoms with Crippen molar-refractivity contribution in [1.82, 2.24) is 14.6 Å². The third kappa shape index (κ3) is 4.29. The van der Waals surface area contributed by atoms with Crippen LogP contribution in [0.2, 0.25) is 5.02 Å². The lowest BCUT2D eigenvalue weighted by molar-refractivity contribution is -0.385. The molecule has 10 nitrogen and oxygen atoms in total. The molecule has 160 valence electrons. The number of nitro groups is 1. The summed E-state index contributed by atoms with van der Waals surface area (Å²) < 4.78 is 6.87. The summed E-state index contributed by atoms with van der Waals surface area (Å²) in [6.45, 7) is 0. The molecule has 0 amide bonds. The maximum Gasteiger partial charge on any atom is 0.349 e. The standard InChI is InChI=1S/C20H11BrClN5O5/c21-15-8-12(22)7-11(18(15)32-17-6-5-13(10-23-17)27(30)31)9-24-26-19(28)14-3-1-2-4-16(14)25-20(26)29/h1-10H,(H,25,29). The van der Waals surface area contributed by atoms with Crippen LogP contribution in [0.4, 0.5) is 5.69 Å². The van der Waals surface area contributed by atoms with Crippen molar-refractivity contribution in [2.45, 2.75) is 0 Å². The van der Waals surface area contributed by atoms with E-state index in [1.54, 1.807) is 30.3 Å². The lowest BCUT2D eigenvalue weighted by Crippen LogP contribution is -2.32. The Morgan fingerprint density at radius 2 is 2.00 bits per heavy atom. The zero-order valence-corrected chi connectivity index (χ0v) is 18.2. The molecule has 0 fully saturated rings. The molecule has 2 aromatic heterocycles. The quantitative estimate of drug-likeness (QED) is 0.241. The van der Waals surface area contributed by atoms with Crippen LogP contribution in [0.3, 0.4) is 0 Å². The van der Waals surface area contributed by atoms with Crippen molar-refractivity contribution >= 4 is 50.3 Å². The SMILES string of the molecule is O=c1[nH]c2ccccc2c(=O)n1N=Cc1cc(Cl)cc(Br)c1Oc1ccc([N+](=O)[O-])cn1. The minimum absolute atomic E-state index is 0.0778. The molecule has 4 rings (SSSR count). The Bertz CT molecular complexity index is 1500. The monoisotopic (exact) mass is 515 g/mol. The summed E-state index contributed by atoms with van der Waals surface area (Å²) in [5.41, 5.74) is -0.785. The molecular weight excluding hydrogens is 506 g/mol. The van der Waals surface area contributed by atoms with Crippen molar-refractivity contribution in [1.29, 1.82) is 0 Å². The van der Waals surface area contributed by atoms with E-state index in [0.29, 0.717) is 30.6 Å². The molecule has 2 heterocycles. The Kier molecular flexibility index (Phi) is 5.84. The summed E-state index contributed by atoms with van der Waals surface area (Å²) in [5.74, 6) is 0.304. The molecule has 0 atom stereocenters. The van der Waals surface area contributed by atoms with E-state index in [1.165, 1.54) is 24.4 Å². The number of hydrogen-bond donors (Lipinski definition) is 1. The van der Waals surface area contributed by atoms with Crippen LogP contribution in [0.25, 0.3) is 10.9 Å². The second kappa shape index (κ2) is 8.73. The molecule has 4 aromatic rings. The number of aromatic amines is 1. The maximum atomic E-state index is 12.7. The Morgan fingerprint density at radius 3 is 2.72 bits per heavy atom. The van der Waals surface area contributed by atoms with E-state index < -0.39 is 16.2 Å². The van der Waals surface area contributed by atoms with Crippen LogP contribution >= 0.6 is 27.5 Å². The molecule has 0 unspecified atom stereocenters. The van der Waals surface area contributed by atoms with Crippen molar-refractivity contribution in [2.75, 3.05) is 0 Å². The molecule has 0 aliphatic carbocycles. The van der Waals surface area contributed by atoms with Crippen LogP contribution in [-0.2, 0) is 0 Å². The number of para-hydroxylation sites is 1. The van der Waals surface area contributed by atoms with Gasteiger partial charge in [0.1, 0.15) is 6.20 Å². The summed E-state index contributed by atoms with van der Waals surface area (Å²) in [4.78, 5) is 41.7. The summed E-state index contributed by atoms with van der Waals surface area (Å²) in [6, 6.07) is 12.2. The van der Waals surface area contributed by atoms with E-state index in [9.17, 15) is 19.7 Å². The number of H-pyrrole nitrogens is 1. The molecule has 12 heteroatoms. The van der Waals surface area contributed by atoms with Gasteiger partial charge < -0.3 is 9.72 Å². The third-order valence-electron chi connectivity index (χ3n) is 4.27. The first-order chi connectivity index (χ1) is 15.3. The number of nitrogens with one attached hydrogen (secondary N) is 1. The van der Waals surface area contributed by atoms with E-state index in [0.717, 1.165) is 6.20 Å². The summed E-state index contributed by atoms with van der Waals surface area (Å²) in [5, 5.41) is 15.4. The van der Waals surface area contributed by atoms with Gasteiger partial charge in [0.05, 0.1) is 26.5 Å². The first kappa shape index (κ1) is 21.4. The molecule has 0 aliphatic rings. The van der Waals surface area contributed by atoms with E-state index in [-0.39, 0.29) is 17.3 Å². The average Bonchev–Trinajstić information content (AvgIpc) is 2.76. The number of pyridine rings is 1. The van der Waals surface area contributed by atoms with E-state index in [1.807, 2.05) is 0 Å². The summed E-state index contributed by atoms with van der Waals surface area (Å²) >= 11 is 9.47. The molecule has 0 radical (unpaired) electrons. The van der Waals surface area contributed by atoms with E-state index in [4.69, 9.17) is 16.3 Å². The molecule has 0 saturated carbocycles. The van der Waals surface area contributed by atoms with Crippen molar-refractivity contribution in [3.05, 3.63) is 101 Å². The number of nitrogens with zero attached hydrogens (tertiary/aromatic N) is 4. The number of hydrogen-bond acceptors (Lipinski definition) is 7. The van der Waals surface area contributed by atoms with Crippen LogP contribution in [0.15, 0.2) is 73.9 Å².